The lowest BCUT2D eigenvalue weighted by molar-refractivity contribution is 0.290. The molecule has 0 radical (unpaired) electrons. The summed E-state index contributed by atoms with van der Waals surface area (Å²) in [6, 6.07) is 3.43. The highest BCUT2D eigenvalue weighted by Crippen LogP contribution is 2.33. The highest BCUT2D eigenvalue weighted by Gasteiger charge is 2.17. The van der Waals surface area contributed by atoms with Gasteiger partial charge in [0.15, 0.2) is 0 Å². The number of fused-ring (bicyclic) bond motifs is 1. The molecule has 0 saturated heterocycles. The minimum Gasteiger partial charge on any atom is -0.507 e. The number of phenols is 1. The summed E-state index contributed by atoms with van der Waals surface area (Å²) in [4.78, 5) is 13.9. The fourth-order valence-electron chi connectivity index (χ4n) is 2.65. The minimum atomic E-state index is -0.371. The Morgan fingerprint density at radius 3 is 2.36 bits per heavy atom. The summed E-state index contributed by atoms with van der Waals surface area (Å²) in [7, 11) is 0. The molecule has 5 heteroatoms. The van der Waals surface area contributed by atoms with Crippen LogP contribution in [0, 0.1) is 6.92 Å². The standard InChI is InChI=1S/C17H23NO3.BrH/c1-5-12-9-13-11(4)8-15(19)21-17(13)14(16(12)20)10-18(6-2)7-3;/h8-9,20H,5-7,10H2,1-4H3;1H. The van der Waals surface area contributed by atoms with E-state index in [-0.39, 0.29) is 28.4 Å². The number of nitrogens with zero attached hydrogens (tertiary/aromatic N) is 1. The van der Waals surface area contributed by atoms with Gasteiger partial charge >= 0.3 is 5.63 Å². The summed E-state index contributed by atoms with van der Waals surface area (Å²) in [5, 5.41) is 11.4. The van der Waals surface area contributed by atoms with Crippen molar-refractivity contribution in [2.24, 2.45) is 0 Å². The first kappa shape index (κ1) is 18.7. The van der Waals surface area contributed by atoms with E-state index in [0.717, 1.165) is 36.0 Å². The predicted molar refractivity (Wildman–Crippen MR) is 95.2 cm³/mol. The third kappa shape index (κ3) is 3.52. The molecule has 0 fully saturated rings. The Bertz CT molecular complexity index is 705. The highest BCUT2D eigenvalue weighted by atomic mass is 79.9. The SMILES string of the molecule is Br.CCc1cc2c(C)cc(=O)oc2c(CN(CC)CC)c1O. The lowest BCUT2D eigenvalue weighted by Gasteiger charge is -2.20. The topological polar surface area (TPSA) is 53.7 Å². The van der Waals surface area contributed by atoms with Crippen LogP contribution in [0.1, 0.15) is 37.5 Å². The molecule has 0 aliphatic heterocycles. The van der Waals surface area contributed by atoms with Crippen LogP contribution in [-0.4, -0.2) is 23.1 Å². The molecule has 1 aromatic heterocycles. The molecule has 0 amide bonds. The molecule has 2 aromatic rings. The van der Waals surface area contributed by atoms with Crippen molar-refractivity contribution >= 4 is 28.0 Å². The molecule has 0 spiro atoms. The molecule has 0 unspecified atom stereocenters. The van der Waals surface area contributed by atoms with Crippen LogP contribution >= 0.6 is 17.0 Å². The average molecular weight is 370 g/mol. The molecule has 122 valence electrons. The van der Waals surface area contributed by atoms with E-state index in [1.165, 1.54) is 6.07 Å². The van der Waals surface area contributed by atoms with Crippen LogP contribution < -0.4 is 5.63 Å². The van der Waals surface area contributed by atoms with Gasteiger partial charge in [-0.3, -0.25) is 4.90 Å². The highest BCUT2D eigenvalue weighted by molar-refractivity contribution is 8.93. The van der Waals surface area contributed by atoms with Crippen molar-refractivity contribution in [3.05, 3.63) is 39.2 Å². The molecule has 1 aromatic carbocycles. The number of aromatic hydroxyl groups is 1. The second-order valence-corrected chi connectivity index (χ2v) is 5.30. The Hall–Kier alpha value is -1.33. The Kier molecular flexibility index (Phi) is 6.63. The van der Waals surface area contributed by atoms with E-state index < -0.39 is 0 Å². The zero-order valence-corrected chi connectivity index (χ0v) is 15.3. The van der Waals surface area contributed by atoms with E-state index in [9.17, 15) is 9.90 Å². The molecule has 0 bridgehead atoms. The molecule has 0 aliphatic carbocycles. The Morgan fingerprint density at radius 2 is 1.82 bits per heavy atom. The zero-order valence-electron chi connectivity index (χ0n) is 13.6. The van der Waals surface area contributed by atoms with Crippen molar-refractivity contribution in [1.29, 1.82) is 0 Å². The summed E-state index contributed by atoms with van der Waals surface area (Å²) < 4.78 is 5.40. The molecule has 0 aliphatic rings. The summed E-state index contributed by atoms with van der Waals surface area (Å²) in [6.45, 7) is 10.4. The van der Waals surface area contributed by atoms with Gasteiger partial charge in [0.05, 0.1) is 5.56 Å². The molecular formula is C17H24BrNO3. The van der Waals surface area contributed by atoms with E-state index in [1.54, 1.807) is 0 Å². The lowest BCUT2D eigenvalue weighted by atomic mass is 9.99. The maximum absolute atomic E-state index is 11.7. The van der Waals surface area contributed by atoms with Crippen LogP contribution in [0.15, 0.2) is 21.3 Å². The normalized spacial score (nSPS) is 11.0. The molecule has 1 N–H and O–H groups in total. The number of hydrogen-bond acceptors (Lipinski definition) is 4. The van der Waals surface area contributed by atoms with Gasteiger partial charge < -0.3 is 9.52 Å². The second kappa shape index (κ2) is 7.79. The van der Waals surface area contributed by atoms with Crippen LogP contribution in [0.3, 0.4) is 0 Å². The number of hydrogen-bond donors (Lipinski definition) is 1. The third-order valence-electron chi connectivity index (χ3n) is 4.05. The van der Waals surface area contributed by atoms with Gasteiger partial charge in [-0.2, -0.15) is 0 Å². The van der Waals surface area contributed by atoms with Gasteiger partial charge in [0, 0.05) is 18.0 Å². The Morgan fingerprint density at radius 1 is 1.18 bits per heavy atom. The van der Waals surface area contributed by atoms with Crippen molar-refractivity contribution in [2.75, 3.05) is 13.1 Å². The summed E-state index contributed by atoms with van der Waals surface area (Å²) >= 11 is 0. The molecule has 2 rings (SSSR count). The summed E-state index contributed by atoms with van der Waals surface area (Å²) in [6.07, 6.45) is 0.742. The lowest BCUT2D eigenvalue weighted by Crippen LogP contribution is -2.22. The first-order valence-electron chi connectivity index (χ1n) is 7.52. The van der Waals surface area contributed by atoms with E-state index >= 15 is 0 Å². The smallest absolute Gasteiger partial charge is 0.336 e. The van der Waals surface area contributed by atoms with Crippen molar-refractivity contribution in [3.8, 4) is 5.75 Å². The van der Waals surface area contributed by atoms with Crippen molar-refractivity contribution < 1.29 is 9.52 Å². The van der Waals surface area contributed by atoms with Crippen LogP contribution in [0.25, 0.3) is 11.0 Å². The molecule has 0 atom stereocenters. The van der Waals surface area contributed by atoms with E-state index in [0.29, 0.717) is 17.7 Å². The number of benzene rings is 1. The van der Waals surface area contributed by atoms with Crippen LogP contribution in [0.2, 0.25) is 0 Å². The first-order valence-corrected chi connectivity index (χ1v) is 7.52. The number of halogens is 1. The van der Waals surface area contributed by atoms with Crippen molar-refractivity contribution in [1.82, 2.24) is 4.90 Å². The quantitative estimate of drug-likeness (QED) is 0.814. The van der Waals surface area contributed by atoms with Crippen LogP contribution in [0.5, 0.6) is 5.75 Å². The second-order valence-electron chi connectivity index (χ2n) is 5.30. The average Bonchev–Trinajstić information content (AvgIpc) is 2.46. The number of rotatable bonds is 5. The maximum atomic E-state index is 11.7. The molecule has 0 saturated carbocycles. The van der Waals surface area contributed by atoms with E-state index in [4.69, 9.17) is 4.42 Å². The Labute approximate surface area is 141 Å². The van der Waals surface area contributed by atoms with Gasteiger partial charge in [-0.25, -0.2) is 4.79 Å². The molecule has 1 heterocycles. The van der Waals surface area contributed by atoms with Crippen LogP contribution in [-0.2, 0) is 13.0 Å². The summed E-state index contributed by atoms with van der Waals surface area (Å²) in [5.41, 5.74) is 2.64. The first-order chi connectivity index (χ1) is 10.0. The Balaban J connectivity index is 0.00000242. The molecule has 4 nitrogen and oxygen atoms in total. The minimum absolute atomic E-state index is 0. The van der Waals surface area contributed by atoms with Gasteiger partial charge in [0.1, 0.15) is 11.3 Å². The predicted octanol–water partition coefficient (Wildman–Crippen LogP) is 3.79. The fraction of sp³-hybridized carbons (Fsp3) is 0.471. The third-order valence-corrected chi connectivity index (χ3v) is 4.05. The van der Waals surface area contributed by atoms with Gasteiger partial charge in [0.25, 0.3) is 0 Å². The molecular weight excluding hydrogens is 346 g/mol. The number of phenolic OH excluding ortho intramolecular Hbond substituents is 1. The fourth-order valence-corrected chi connectivity index (χ4v) is 2.65. The van der Waals surface area contributed by atoms with Gasteiger partial charge in [-0.15, -0.1) is 17.0 Å². The zero-order chi connectivity index (χ0) is 15.6. The summed E-state index contributed by atoms with van der Waals surface area (Å²) in [5.74, 6) is 0.255. The maximum Gasteiger partial charge on any atom is 0.336 e. The monoisotopic (exact) mass is 369 g/mol. The molecule has 22 heavy (non-hydrogen) atoms. The van der Waals surface area contributed by atoms with E-state index in [1.807, 2.05) is 19.9 Å². The van der Waals surface area contributed by atoms with E-state index in [2.05, 4.69) is 18.7 Å². The number of aryl methyl sites for hydroxylation is 2. The van der Waals surface area contributed by atoms with Crippen LogP contribution in [0.4, 0.5) is 0 Å². The van der Waals surface area contributed by atoms with Crippen molar-refractivity contribution in [3.63, 3.8) is 0 Å². The van der Waals surface area contributed by atoms with Gasteiger partial charge in [-0.1, -0.05) is 20.8 Å². The largest absolute Gasteiger partial charge is 0.507 e. The van der Waals surface area contributed by atoms with Crippen molar-refractivity contribution in [2.45, 2.75) is 40.7 Å². The van der Waals surface area contributed by atoms with Gasteiger partial charge in [-0.05, 0) is 43.6 Å². The van der Waals surface area contributed by atoms with Gasteiger partial charge in [0.2, 0.25) is 0 Å².